The molecule has 34 heavy (non-hydrogen) atoms. The molecule has 2 fully saturated rings. The molecule has 1 N–H and O–H groups in total. The standard InChI is InChI=1S/C24H28F3N2O4P/c1-34(31,32)33-19-8-6-17(7-9-19)20-10-12-28(15-21(20)25)22-11-13-29(24(22)30)14-16-2-4-18(5-3-16)23(26)27/h2-9,20-23H,10-15H2,1H3,(H,31,32)/t20-,21+,22+/m0/s1. The second kappa shape index (κ2) is 10.1. The van der Waals surface area contributed by atoms with Crippen molar-refractivity contribution in [3.63, 3.8) is 0 Å². The van der Waals surface area contributed by atoms with Crippen molar-refractivity contribution in [1.29, 1.82) is 0 Å². The number of hydrogen-bond acceptors (Lipinski definition) is 4. The van der Waals surface area contributed by atoms with Crippen LogP contribution in [-0.2, 0) is 15.9 Å². The zero-order chi connectivity index (χ0) is 24.5. The third-order valence-electron chi connectivity index (χ3n) is 6.47. The highest BCUT2D eigenvalue weighted by Gasteiger charge is 2.40. The highest BCUT2D eigenvalue weighted by molar-refractivity contribution is 7.52. The van der Waals surface area contributed by atoms with Crippen LogP contribution in [-0.4, -0.2) is 59.1 Å². The molecule has 2 aromatic rings. The average molecular weight is 496 g/mol. The summed E-state index contributed by atoms with van der Waals surface area (Å²) in [5.41, 5.74) is 1.52. The summed E-state index contributed by atoms with van der Waals surface area (Å²) in [6, 6.07) is 12.1. The molecule has 4 rings (SSSR count). The van der Waals surface area contributed by atoms with Gasteiger partial charge in [0.15, 0.2) is 0 Å². The zero-order valence-corrected chi connectivity index (χ0v) is 19.7. The monoisotopic (exact) mass is 496 g/mol. The summed E-state index contributed by atoms with van der Waals surface area (Å²) in [6.45, 7) is 2.73. The van der Waals surface area contributed by atoms with Gasteiger partial charge in [0, 0.05) is 37.8 Å². The smallest absolute Gasteiger partial charge is 0.373 e. The fourth-order valence-electron chi connectivity index (χ4n) is 4.77. The van der Waals surface area contributed by atoms with Crippen LogP contribution in [0.15, 0.2) is 48.5 Å². The van der Waals surface area contributed by atoms with E-state index in [-0.39, 0.29) is 35.7 Å². The lowest BCUT2D eigenvalue weighted by molar-refractivity contribution is -0.133. The molecular weight excluding hydrogens is 468 g/mol. The molecule has 6 nitrogen and oxygen atoms in total. The number of halogens is 3. The van der Waals surface area contributed by atoms with Gasteiger partial charge >= 0.3 is 7.60 Å². The number of nitrogens with zero attached hydrogens (tertiary/aromatic N) is 2. The first-order chi connectivity index (χ1) is 16.1. The number of likely N-dealkylation sites (tertiary alicyclic amines) is 2. The number of carbonyl (C=O) groups is 1. The molecule has 0 bridgehead atoms. The number of rotatable bonds is 7. The van der Waals surface area contributed by atoms with E-state index in [0.29, 0.717) is 32.5 Å². The second-order valence-corrected chi connectivity index (χ2v) is 10.8. The van der Waals surface area contributed by atoms with Crippen molar-refractivity contribution in [3.05, 3.63) is 65.2 Å². The normalized spacial score (nSPS) is 25.5. The second-order valence-electron chi connectivity index (χ2n) is 8.98. The van der Waals surface area contributed by atoms with E-state index in [9.17, 15) is 23.0 Å². The van der Waals surface area contributed by atoms with Gasteiger partial charge in [-0.05, 0) is 42.6 Å². The highest BCUT2D eigenvalue weighted by atomic mass is 31.2. The molecule has 0 saturated carbocycles. The Kier molecular flexibility index (Phi) is 7.36. The van der Waals surface area contributed by atoms with Gasteiger partial charge in [0.1, 0.15) is 11.9 Å². The number of piperidine rings is 1. The fourth-order valence-corrected chi connectivity index (χ4v) is 5.28. The number of hydrogen-bond donors (Lipinski definition) is 1. The van der Waals surface area contributed by atoms with Crippen molar-refractivity contribution in [2.45, 2.75) is 43.9 Å². The molecule has 0 aromatic heterocycles. The number of benzene rings is 2. The van der Waals surface area contributed by atoms with Crippen LogP contribution >= 0.6 is 7.60 Å². The third-order valence-corrected chi connectivity index (χ3v) is 7.02. The van der Waals surface area contributed by atoms with Crippen LogP contribution in [0.25, 0.3) is 0 Å². The lowest BCUT2D eigenvalue weighted by atomic mass is 9.87. The zero-order valence-electron chi connectivity index (χ0n) is 18.8. The quantitative estimate of drug-likeness (QED) is 0.561. The Hall–Kier alpha value is -2.35. The molecule has 0 spiro atoms. The maximum atomic E-state index is 15.1. The molecule has 10 heteroatoms. The Labute approximate surface area is 196 Å². The minimum atomic E-state index is -3.65. The van der Waals surface area contributed by atoms with Crippen molar-refractivity contribution >= 4 is 13.5 Å². The van der Waals surface area contributed by atoms with E-state index in [2.05, 4.69) is 0 Å². The number of amides is 1. The maximum Gasteiger partial charge on any atom is 0.373 e. The van der Waals surface area contributed by atoms with E-state index in [1.165, 1.54) is 12.1 Å². The summed E-state index contributed by atoms with van der Waals surface area (Å²) in [5.74, 6) is -0.127. The van der Waals surface area contributed by atoms with Crippen LogP contribution in [0.5, 0.6) is 5.75 Å². The molecular formula is C24H28F3N2O4P. The molecule has 2 aromatic carbocycles. The van der Waals surface area contributed by atoms with E-state index in [1.54, 1.807) is 41.3 Å². The topological polar surface area (TPSA) is 70.1 Å². The highest BCUT2D eigenvalue weighted by Crippen LogP contribution is 2.39. The predicted octanol–water partition coefficient (Wildman–Crippen LogP) is 4.75. The van der Waals surface area contributed by atoms with E-state index >= 15 is 4.39 Å². The molecule has 2 aliphatic heterocycles. The van der Waals surface area contributed by atoms with Crippen LogP contribution in [0.2, 0.25) is 0 Å². The van der Waals surface area contributed by atoms with Crippen LogP contribution in [0.3, 0.4) is 0 Å². The van der Waals surface area contributed by atoms with Gasteiger partial charge in [0.2, 0.25) is 5.91 Å². The summed E-state index contributed by atoms with van der Waals surface area (Å²) < 4.78 is 57.0. The van der Waals surface area contributed by atoms with Crippen molar-refractivity contribution in [2.24, 2.45) is 0 Å². The molecule has 184 valence electrons. The Morgan fingerprint density at radius 2 is 1.76 bits per heavy atom. The Bertz CT molecular complexity index is 1050. The average Bonchev–Trinajstić information content (AvgIpc) is 3.14. The fraction of sp³-hybridized carbons (Fsp3) is 0.458. The first kappa shape index (κ1) is 24.8. The molecule has 1 amide bonds. The van der Waals surface area contributed by atoms with Gasteiger partial charge in [-0.3, -0.25) is 9.69 Å². The van der Waals surface area contributed by atoms with Gasteiger partial charge in [-0.15, -0.1) is 0 Å². The lowest BCUT2D eigenvalue weighted by Gasteiger charge is -2.37. The molecule has 4 atom stereocenters. The van der Waals surface area contributed by atoms with Gasteiger partial charge in [-0.2, -0.15) is 0 Å². The number of carbonyl (C=O) groups excluding carboxylic acids is 1. The Balaban J connectivity index is 1.33. The largest absolute Gasteiger partial charge is 0.425 e. The SMILES string of the molecule is CP(=O)(O)Oc1ccc([C@@H]2CCN([C@@H]3CCN(Cc4ccc(C(F)F)cc4)C3=O)C[C@H]2F)cc1. The molecule has 2 aliphatic rings. The predicted molar refractivity (Wildman–Crippen MR) is 122 cm³/mol. The van der Waals surface area contributed by atoms with Crippen molar-refractivity contribution in [3.8, 4) is 5.75 Å². The van der Waals surface area contributed by atoms with Crippen molar-refractivity contribution in [2.75, 3.05) is 26.3 Å². The Morgan fingerprint density at radius 3 is 2.35 bits per heavy atom. The minimum absolute atomic E-state index is 0.0489. The summed E-state index contributed by atoms with van der Waals surface area (Å²) in [6.07, 6.45) is -2.52. The first-order valence-electron chi connectivity index (χ1n) is 11.2. The third kappa shape index (κ3) is 5.82. The summed E-state index contributed by atoms with van der Waals surface area (Å²) in [7, 11) is -3.65. The molecule has 1 unspecified atom stereocenters. The van der Waals surface area contributed by atoms with E-state index in [0.717, 1.165) is 17.8 Å². The molecule has 0 radical (unpaired) electrons. The number of alkyl halides is 3. The lowest BCUT2D eigenvalue weighted by Crippen LogP contribution is -2.49. The van der Waals surface area contributed by atoms with Gasteiger partial charge in [0.05, 0.1) is 6.04 Å². The maximum absolute atomic E-state index is 15.1. The van der Waals surface area contributed by atoms with Crippen LogP contribution in [0, 0.1) is 0 Å². The molecule has 2 saturated heterocycles. The van der Waals surface area contributed by atoms with Gasteiger partial charge < -0.3 is 14.3 Å². The van der Waals surface area contributed by atoms with E-state index < -0.39 is 20.2 Å². The first-order valence-corrected chi connectivity index (χ1v) is 13.3. The van der Waals surface area contributed by atoms with Gasteiger partial charge in [0.25, 0.3) is 6.43 Å². The van der Waals surface area contributed by atoms with Crippen molar-refractivity contribution < 1.29 is 31.9 Å². The van der Waals surface area contributed by atoms with Crippen molar-refractivity contribution in [1.82, 2.24) is 9.80 Å². The molecule has 0 aliphatic carbocycles. The van der Waals surface area contributed by atoms with Crippen LogP contribution in [0.1, 0.15) is 41.9 Å². The molecule has 2 heterocycles. The summed E-state index contributed by atoms with van der Waals surface area (Å²) in [5, 5.41) is 0. The van der Waals surface area contributed by atoms with Crippen LogP contribution < -0.4 is 4.52 Å². The van der Waals surface area contributed by atoms with E-state index in [4.69, 9.17) is 4.52 Å². The van der Waals surface area contributed by atoms with Gasteiger partial charge in [-0.1, -0.05) is 36.4 Å². The summed E-state index contributed by atoms with van der Waals surface area (Å²) in [4.78, 5) is 25.9. The Morgan fingerprint density at radius 1 is 1.09 bits per heavy atom. The van der Waals surface area contributed by atoms with Crippen LogP contribution in [0.4, 0.5) is 13.2 Å². The van der Waals surface area contributed by atoms with E-state index in [1.807, 2.05) is 4.90 Å². The summed E-state index contributed by atoms with van der Waals surface area (Å²) >= 11 is 0. The minimum Gasteiger partial charge on any atom is -0.425 e. The van der Waals surface area contributed by atoms with Gasteiger partial charge in [-0.25, -0.2) is 17.7 Å².